The maximum Gasteiger partial charge on any atom is 0.308 e. The van der Waals surface area contributed by atoms with Crippen LogP contribution in [0.25, 0.3) is 0 Å². The van der Waals surface area contributed by atoms with E-state index in [9.17, 15) is 9.59 Å². The summed E-state index contributed by atoms with van der Waals surface area (Å²) < 4.78 is 5.05. The minimum atomic E-state index is -0.456. The van der Waals surface area contributed by atoms with Crippen LogP contribution in [0.3, 0.4) is 0 Å². The van der Waals surface area contributed by atoms with E-state index in [1.165, 1.54) is 6.92 Å². The van der Waals surface area contributed by atoms with Crippen molar-refractivity contribution in [2.75, 3.05) is 0 Å². The normalized spacial score (nSPS) is 10.2. The summed E-state index contributed by atoms with van der Waals surface area (Å²) in [4.78, 5) is 23.4. The van der Waals surface area contributed by atoms with Crippen LogP contribution in [0.1, 0.15) is 28.4 Å². The third kappa shape index (κ3) is 4.00. The Hall–Kier alpha value is -2.46. The van der Waals surface area contributed by atoms with Crippen molar-refractivity contribution in [2.45, 2.75) is 20.0 Å². The number of Topliss-reactive ketones (excluding diaryl/α,β-unsaturated/α-hetero) is 1. The Morgan fingerprint density at radius 2 is 1.62 bits per heavy atom. The van der Waals surface area contributed by atoms with Gasteiger partial charge in [0.15, 0.2) is 5.78 Å². The van der Waals surface area contributed by atoms with Crippen LogP contribution in [-0.2, 0) is 17.8 Å². The van der Waals surface area contributed by atoms with Gasteiger partial charge in [-0.1, -0.05) is 36.4 Å². The van der Waals surface area contributed by atoms with Crippen molar-refractivity contribution in [3.8, 4) is 5.75 Å². The van der Waals surface area contributed by atoms with Crippen LogP contribution in [0.4, 0.5) is 0 Å². The molecule has 0 aliphatic heterocycles. The molecule has 0 unspecified atom stereocenters. The van der Waals surface area contributed by atoms with Gasteiger partial charge in [-0.3, -0.25) is 9.59 Å². The summed E-state index contributed by atoms with van der Waals surface area (Å²) in [6, 6.07) is 13.9. The van der Waals surface area contributed by atoms with Crippen molar-refractivity contribution in [1.82, 2.24) is 0 Å². The third-order valence-electron chi connectivity index (χ3n) is 3.01. The number of para-hydroxylation sites is 1. The molecule has 1 N–H and O–H groups in total. The first-order valence-corrected chi connectivity index (χ1v) is 6.59. The Morgan fingerprint density at radius 3 is 2.24 bits per heavy atom. The second-order valence-electron chi connectivity index (χ2n) is 4.66. The molecular weight excluding hydrogens is 268 g/mol. The predicted molar refractivity (Wildman–Crippen MR) is 78.2 cm³/mol. The van der Waals surface area contributed by atoms with Crippen molar-refractivity contribution in [3.05, 3.63) is 65.2 Å². The van der Waals surface area contributed by atoms with Crippen LogP contribution in [0.15, 0.2) is 48.5 Å². The van der Waals surface area contributed by atoms with Gasteiger partial charge in [-0.2, -0.15) is 0 Å². The van der Waals surface area contributed by atoms with E-state index in [2.05, 4.69) is 0 Å². The van der Waals surface area contributed by atoms with E-state index in [0.717, 1.165) is 11.1 Å². The second-order valence-corrected chi connectivity index (χ2v) is 4.66. The highest BCUT2D eigenvalue weighted by atomic mass is 16.5. The molecule has 0 fully saturated rings. The Kier molecular flexibility index (Phi) is 4.85. The Labute approximate surface area is 123 Å². The van der Waals surface area contributed by atoms with Gasteiger partial charge in [-0.15, -0.1) is 0 Å². The first-order valence-electron chi connectivity index (χ1n) is 6.59. The van der Waals surface area contributed by atoms with Gasteiger partial charge in [0.05, 0.1) is 12.2 Å². The number of hydrogen-bond acceptors (Lipinski definition) is 4. The zero-order chi connectivity index (χ0) is 15.2. The molecule has 0 aliphatic rings. The minimum Gasteiger partial charge on any atom is -0.426 e. The van der Waals surface area contributed by atoms with Crippen LogP contribution in [0.2, 0.25) is 0 Å². The Morgan fingerprint density at radius 1 is 1.00 bits per heavy atom. The summed E-state index contributed by atoms with van der Waals surface area (Å²) in [5, 5.41) is 8.99. The summed E-state index contributed by atoms with van der Waals surface area (Å²) in [6.07, 6.45) is 0.212. The molecule has 0 spiro atoms. The summed E-state index contributed by atoms with van der Waals surface area (Å²) >= 11 is 0. The first-order chi connectivity index (χ1) is 10.1. The van der Waals surface area contributed by atoms with E-state index in [1.54, 1.807) is 48.5 Å². The van der Waals surface area contributed by atoms with Crippen molar-refractivity contribution < 1.29 is 19.4 Å². The second kappa shape index (κ2) is 6.81. The zero-order valence-corrected chi connectivity index (χ0v) is 11.7. The van der Waals surface area contributed by atoms with Crippen molar-refractivity contribution in [1.29, 1.82) is 0 Å². The lowest BCUT2D eigenvalue weighted by Gasteiger charge is -2.08. The Bertz CT molecular complexity index is 644. The highest BCUT2D eigenvalue weighted by Gasteiger charge is 2.14. The quantitative estimate of drug-likeness (QED) is 0.520. The highest BCUT2D eigenvalue weighted by molar-refractivity contribution is 6.00. The maximum absolute atomic E-state index is 12.3. The molecular formula is C17H16O4. The molecule has 2 aromatic rings. The zero-order valence-electron chi connectivity index (χ0n) is 11.7. The van der Waals surface area contributed by atoms with Crippen molar-refractivity contribution in [3.63, 3.8) is 0 Å². The van der Waals surface area contributed by atoms with Crippen LogP contribution in [0.5, 0.6) is 5.75 Å². The number of hydrogen-bond donors (Lipinski definition) is 1. The molecule has 0 saturated carbocycles. The first kappa shape index (κ1) is 14.9. The molecule has 0 amide bonds. The number of benzene rings is 2. The van der Waals surface area contributed by atoms with Gasteiger partial charge in [-0.05, 0) is 23.3 Å². The van der Waals surface area contributed by atoms with E-state index >= 15 is 0 Å². The van der Waals surface area contributed by atoms with E-state index in [4.69, 9.17) is 9.84 Å². The molecule has 0 aliphatic carbocycles. The van der Waals surface area contributed by atoms with Gasteiger partial charge in [0.25, 0.3) is 0 Å². The molecule has 108 valence electrons. The molecule has 4 nitrogen and oxygen atoms in total. The maximum atomic E-state index is 12.3. The molecule has 0 bridgehead atoms. The molecule has 4 heteroatoms. The van der Waals surface area contributed by atoms with Gasteiger partial charge < -0.3 is 9.84 Å². The van der Waals surface area contributed by atoms with Crippen LogP contribution in [0, 0.1) is 0 Å². The highest BCUT2D eigenvalue weighted by Crippen LogP contribution is 2.20. The van der Waals surface area contributed by atoms with Crippen LogP contribution >= 0.6 is 0 Å². The lowest BCUT2D eigenvalue weighted by atomic mass is 10.0. The van der Waals surface area contributed by atoms with Crippen molar-refractivity contribution in [2.24, 2.45) is 0 Å². The number of carbonyl (C=O) groups is 2. The van der Waals surface area contributed by atoms with E-state index in [0.29, 0.717) is 5.56 Å². The minimum absolute atomic E-state index is 0.0243. The molecule has 0 saturated heterocycles. The third-order valence-corrected chi connectivity index (χ3v) is 3.01. The smallest absolute Gasteiger partial charge is 0.308 e. The molecule has 0 heterocycles. The average Bonchev–Trinajstić information content (AvgIpc) is 2.48. The summed E-state index contributed by atoms with van der Waals surface area (Å²) in [5.41, 5.74) is 2.03. The fourth-order valence-electron chi connectivity index (χ4n) is 1.98. The molecule has 2 rings (SSSR count). The van der Waals surface area contributed by atoms with Gasteiger partial charge in [-0.25, -0.2) is 0 Å². The fraction of sp³-hybridized carbons (Fsp3) is 0.176. The number of ether oxygens (including phenoxy) is 1. The molecule has 2 aromatic carbocycles. The van der Waals surface area contributed by atoms with E-state index < -0.39 is 5.97 Å². The van der Waals surface area contributed by atoms with Crippen molar-refractivity contribution >= 4 is 11.8 Å². The van der Waals surface area contributed by atoms with Gasteiger partial charge >= 0.3 is 5.97 Å². The van der Waals surface area contributed by atoms with Crippen LogP contribution < -0.4 is 4.74 Å². The number of aliphatic hydroxyl groups is 1. The number of ketones is 1. The van der Waals surface area contributed by atoms with Gasteiger partial charge in [0, 0.05) is 13.3 Å². The fourth-order valence-corrected chi connectivity index (χ4v) is 1.98. The standard InChI is InChI=1S/C17H16O4/c1-12(19)21-17-5-3-2-4-15(17)16(20)10-13-6-8-14(11-18)9-7-13/h2-9,18H,10-11H2,1H3. The van der Waals surface area contributed by atoms with Crippen LogP contribution in [-0.4, -0.2) is 16.9 Å². The summed E-state index contributed by atoms with van der Waals surface area (Å²) in [6.45, 7) is 1.28. The number of aliphatic hydroxyl groups excluding tert-OH is 1. The lowest BCUT2D eigenvalue weighted by molar-refractivity contribution is -0.131. The topological polar surface area (TPSA) is 63.6 Å². The Balaban J connectivity index is 2.17. The molecule has 0 atom stereocenters. The number of carbonyl (C=O) groups excluding carboxylic acids is 2. The lowest BCUT2D eigenvalue weighted by Crippen LogP contribution is -2.09. The predicted octanol–water partition coefficient (Wildman–Crippen LogP) is 2.53. The monoisotopic (exact) mass is 284 g/mol. The van der Waals surface area contributed by atoms with Gasteiger partial charge in [0.1, 0.15) is 5.75 Å². The largest absolute Gasteiger partial charge is 0.426 e. The van der Waals surface area contributed by atoms with E-state index in [-0.39, 0.29) is 24.6 Å². The summed E-state index contributed by atoms with van der Waals surface area (Å²) in [7, 11) is 0. The molecule has 0 aromatic heterocycles. The SMILES string of the molecule is CC(=O)Oc1ccccc1C(=O)Cc1ccc(CO)cc1. The summed E-state index contributed by atoms with van der Waals surface area (Å²) in [5.74, 6) is -0.298. The number of rotatable bonds is 5. The number of esters is 1. The molecule has 0 radical (unpaired) electrons. The molecule has 21 heavy (non-hydrogen) atoms. The average molecular weight is 284 g/mol. The van der Waals surface area contributed by atoms with Gasteiger partial charge in [0.2, 0.25) is 0 Å². The van der Waals surface area contributed by atoms with E-state index in [1.807, 2.05) is 0 Å².